The molecule has 3 nitrogen and oxygen atoms in total. The van der Waals surface area contributed by atoms with Gasteiger partial charge in [-0.25, -0.2) is 0 Å². The van der Waals surface area contributed by atoms with Crippen LogP contribution >= 0.6 is 0 Å². The summed E-state index contributed by atoms with van der Waals surface area (Å²) < 4.78 is 5.70. The second-order valence-electron chi connectivity index (χ2n) is 6.80. The Bertz CT molecular complexity index is 399. The molecule has 2 rings (SSSR count). The molecule has 1 N–H and O–H groups in total. The van der Waals surface area contributed by atoms with Crippen molar-refractivity contribution in [3.8, 4) is 0 Å². The molecule has 1 heterocycles. The lowest BCUT2D eigenvalue weighted by atomic mass is 9.86. The van der Waals surface area contributed by atoms with Crippen molar-refractivity contribution >= 4 is 0 Å². The first-order chi connectivity index (χ1) is 9.54. The minimum atomic E-state index is 0.514. The maximum atomic E-state index is 5.70. The molecule has 0 amide bonds. The van der Waals surface area contributed by atoms with Crippen molar-refractivity contribution in [3.63, 3.8) is 0 Å². The Morgan fingerprint density at radius 1 is 1.40 bits per heavy atom. The molecular weight excluding hydrogens is 248 g/mol. The summed E-state index contributed by atoms with van der Waals surface area (Å²) >= 11 is 0. The molecule has 2 unspecified atom stereocenters. The summed E-state index contributed by atoms with van der Waals surface area (Å²) in [6.45, 7) is 8.53. The van der Waals surface area contributed by atoms with Crippen molar-refractivity contribution in [3.05, 3.63) is 23.7 Å². The fourth-order valence-corrected chi connectivity index (χ4v) is 3.10. The second kappa shape index (κ2) is 7.28. The van der Waals surface area contributed by atoms with Gasteiger partial charge in [0, 0.05) is 24.2 Å². The van der Waals surface area contributed by atoms with Crippen LogP contribution in [0.15, 0.2) is 16.7 Å². The first kappa shape index (κ1) is 15.6. The van der Waals surface area contributed by atoms with Crippen LogP contribution in [-0.4, -0.2) is 24.0 Å². The van der Waals surface area contributed by atoms with E-state index in [0.717, 1.165) is 30.8 Å². The van der Waals surface area contributed by atoms with Gasteiger partial charge in [0.1, 0.15) is 5.76 Å². The van der Waals surface area contributed by atoms with Gasteiger partial charge in [0.05, 0.1) is 12.8 Å². The van der Waals surface area contributed by atoms with E-state index in [9.17, 15) is 0 Å². The minimum absolute atomic E-state index is 0.514. The summed E-state index contributed by atoms with van der Waals surface area (Å²) in [6, 6.07) is 3.43. The van der Waals surface area contributed by atoms with E-state index in [2.05, 4.69) is 44.1 Å². The van der Waals surface area contributed by atoms with E-state index in [0.29, 0.717) is 6.04 Å². The lowest BCUT2D eigenvalue weighted by Gasteiger charge is -2.33. The first-order valence-electron chi connectivity index (χ1n) is 8.04. The van der Waals surface area contributed by atoms with Gasteiger partial charge in [-0.3, -0.25) is 4.90 Å². The van der Waals surface area contributed by atoms with Gasteiger partial charge in [0.2, 0.25) is 0 Å². The van der Waals surface area contributed by atoms with Gasteiger partial charge in [0.15, 0.2) is 0 Å². The van der Waals surface area contributed by atoms with Gasteiger partial charge in [0.25, 0.3) is 0 Å². The standard InChI is InChI=1S/C17H30N2O/c1-13(2)18-10-15-9-17(20-12-15)11-19(4)16-7-5-6-14(3)8-16/h9,12-14,16,18H,5-8,10-11H2,1-4H3. The molecule has 20 heavy (non-hydrogen) atoms. The summed E-state index contributed by atoms with van der Waals surface area (Å²) in [4.78, 5) is 2.47. The van der Waals surface area contributed by atoms with Crippen molar-refractivity contribution in [2.24, 2.45) is 5.92 Å². The Hall–Kier alpha value is -0.800. The molecule has 0 bridgehead atoms. The van der Waals surface area contributed by atoms with E-state index in [4.69, 9.17) is 4.42 Å². The quantitative estimate of drug-likeness (QED) is 0.858. The van der Waals surface area contributed by atoms with Crippen LogP contribution in [0.25, 0.3) is 0 Å². The SMILES string of the molecule is CC1CCCC(N(C)Cc2cc(CNC(C)C)co2)C1. The maximum Gasteiger partial charge on any atom is 0.118 e. The number of nitrogens with zero attached hydrogens (tertiary/aromatic N) is 1. The molecule has 0 saturated heterocycles. The molecule has 0 aliphatic heterocycles. The Balaban J connectivity index is 1.83. The fourth-order valence-electron chi connectivity index (χ4n) is 3.10. The number of hydrogen-bond donors (Lipinski definition) is 1. The molecule has 114 valence electrons. The molecule has 1 saturated carbocycles. The van der Waals surface area contributed by atoms with E-state index in [1.54, 1.807) is 0 Å². The van der Waals surface area contributed by atoms with Crippen LogP contribution in [0.1, 0.15) is 57.8 Å². The fraction of sp³-hybridized carbons (Fsp3) is 0.765. The summed E-state index contributed by atoms with van der Waals surface area (Å²) in [6.07, 6.45) is 7.33. The third-order valence-corrected chi connectivity index (χ3v) is 4.36. The average Bonchev–Trinajstić information content (AvgIpc) is 2.84. The highest BCUT2D eigenvalue weighted by molar-refractivity contribution is 5.12. The van der Waals surface area contributed by atoms with Gasteiger partial charge in [-0.15, -0.1) is 0 Å². The van der Waals surface area contributed by atoms with E-state index < -0.39 is 0 Å². The molecule has 1 aromatic heterocycles. The van der Waals surface area contributed by atoms with Crippen molar-refractivity contribution in [2.75, 3.05) is 7.05 Å². The Morgan fingerprint density at radius 3 is 2.90 bits per heavy atom. The van der Waals surface area contributed by atoms with Gasteiger partial charge in [-0.2, -0.15) is 0 Å². The Labute approximate surface area is 123 Å². The van der Waals surface area contributed by atoms with Gasteiger partial charge in [-0.05, 0) is 31.9 Å². The lowest BCUT2D eigenvalue weighted by Crippen LogP contribution is -2.34. The number of hydrogen-bond acceptors (Lipinski definition) is 3. The zero-order valence-electron chi connectivity index (χ0n) is 13.5. The molecule has 1 aliphatic rings. The third-order valence-electron chi connectivity index (χ3n) is 4.36. The molecule has 3 heteroatoms. The molecule has 0 aromatic carbocycles. The van der Waals surface area contributed by atoms with E-state index in [-0.39, 0.29) is 0 Å². The Kier molecular flexibility index (Phi) is 5.67. The minimum Gasteiger partial charge on any atom is -0.468 e. The summed E-state index contributed by atoms with van der Waals surface area (Å²) in [5.74, 6) is 1.96. The molecule has 0 radical (unpaired) electrons. The number of rotatable bonds is 6. The number of furan rings is 1. The highest BCUT2D eigenvalue weighted by Crippen LogP contribution is 2.27. The number of nitrogens with one attached hydrogen (secondary N) is 1. The highest BCUT2D eigenvalue weighted by atomic mass is 16.3. The van der Waals surface area contributed by atoms with E-state index >= 15 is 0 Å². The van der Waals surface area contributed by atoms with Crippen LogP contribution < -0.4 is 5.32 Å². The van der Waals surface area contributed by atoms with Gasteiger partial charge in [-0.1, -0.05) is 33.6 Å². The van der Waals surface area contributed by atoms with Gasteiger partial charge < -0.3 is 9.73 Å². The smallest absolute Gasteiger partial charge is 0.118 e. The average molecular weight is 278 g/mol. The largest absolute Gasteiger partial charge is 0.468 e. The van der Waals surface area contributed by atoms with Crippen LogP contribution in [0, 0.1) is 5.92 Å². The highest BCUT2D eigenvalue weighted by Gasteiger charge is 2.22. The summed E-state index contributed by atoms with van der Waals surface area (Å²) in [7, 11) is 2.23. The third kappa shape index (κ3) is 4.64. The van der Waals surface area contributed by atoms with Crippen LogP contribution in [0.3, 0.4) is 0 Å². The van der Waals surface area contributed by atoms with E-state index in [1.165, 1.54) is 31.2 Å². The van der Waals surface area contributed by atoms with Crippen molar-refractivity contribution in [1.82, 2.24) is 10.2 Å². The van der Waals surface area contributed by atoms with Crippen LogP contribution in [-0.2, 0) is 13.1 Å². The first-order valence-corrected chi connectivity index (χ1v) is 8.04. The maximum absolute atomic E-state index is 5.70. The zero-order chi connectivity index (χ0) is 14.5. The van der Waals surface area contributed by atoms with Crippen molar-refractivity contribution < 1.29 is 4.42 Å². The lowest BCUT2D eigenvalue weighted by molar-refractivity contribution is 0.149. The van der Waals surface area contributed by atoms with Crippen molar-refractivity contribution in [2.45, 2.75) is 71.6 Å². The molecule has 1 aliphatic carbocycles. The van der Waals surface area contributed by atoms with Crippen LogP contribution in [0.4, 0.5) is 0 Å². The zero-order valence-corrected chi connectivity index (χ0v) is 13.5. The topological polar surface area (TPSA) is 28.4 Å². The van der Waals surface area contributed by atoms with Gasteiger partial charge >= 0.3 is 0 Å². The Morgan fingerprint density at radius 2 is 2.20 bits per heavy atom. The monoisotopic (exact) mass is 278 g/mol. The molecule has 1 aromatic rings. The van der Waals surface area contributed by atoms with Crippen LogP contribution in [0.5, 0.6) is 0 Å². The van der Waals surface area contributed by atoms with E-state index in [1.807, 2.05) is 6.26 Å². The predicted octanol–water partition coefficient (Wildman–Crippen LogP) is 3.79. The van der Waals surface area contributed by atoms with Crippen molar-refractivity contribution in [1.29, 1.82) is 0 Å². The summed E-state index contributed by atoms with van der Waals surface area (Å²) in [5, 5.41) is 3.42. The predicted molar refractivity (Wildman–Crippen MR) is 83.6 cm³/mol. The second-order valence-corrected chi connectivity index (χ2v) is 6.80. The molecular formula is C17H30N2O. The summed E-state index contributed by atoms with van der Waals surface area (Å²) in [5.41, 5.74) is 1.25. The molecule has 1 fully saturated rings. The van der Waals surface area contributed by atoms with Crippen LogP contribution in [0.2, 0.25) is 0 Å². The molecule has 2 atom stereocenters. The molecule has 0 spiro atoms. The normalized spacial score (nSPS) is 23.7.